The van der Waals surface area contributed by atoms with Gasteiger partial charge in [-0.25, -0.2) is 0 Å². The van der Waals surface area contributed by atoms with Crippen LogP contribution in [0.2, 0.25) is 5.02 Å². The van der Waals surface area contributed by atoms with Crippen molar-refractivity contribution in [1.29, 1.82) is 0 Å². The van der Waals surface area contributed by atoms with Gasteiger partial charge >= 0.3 is 0 Å². The Bertz CT molecular complexity index is 628. The van der Waals surface area contributed by atoms with Gasteiger partial charge in [0.15, 0.2) is 5.43 Å². The van der Waals surface area contributed by atoms with E-state index in [0.717, 1.165) is 37.0 Å². The Morgan fingerprint density at radius 3 is 2.82 bits per heavy atom. The minimum absolute atomic E-state index is 0.102. The minimum Gasteiger partial charge on any atom is -0.461 e. The van der Waals surface area contributed by atoms with Crippen molar-refractivity contribution in [2.75, 3.05) is 0 Å². The highest BCUT2D eigenvalue weighted by atomic mass is 35.5. The predicted octanol–water partition coefficient (Wildman–Crippen LogP) is 3.72. The van der Waals surface area contributed by atoms with Crippen molar-refractivity contribution in [3.8, 4) is 0 Å². The van der Waals surface area contributed by atoms with E-state index in [1.165, 1.54) is 6.42 Å². The van der Waals surface area contributed by atoms with Crippen LogP contribution >= 0.6 is 11.6 Å². The van der Waals surface area contributed by atoms with Crippen molar-refractivity contribution in [3.63, 3.8) is 0 Å². The summed E-state index contributed by atoms with van der Waals surface area (Å²) in [6.07, 6.45) is 5.06. The molecule has 3 rings (SSSR count). The summed E-state index contributed by atoms with van der Waals surface area (Å²) in [6, 6.07) is 5.24. The third-order valence-electron chi connectivity index (χ3n) is 3.36. The fraction of sp³-hybridized carbons (Fsp3) is 0.357. The van der Waals surface area contributed by atoms with Gasteiger partial charge in [0, 0.05) is 17.0 Å². The maximum atomic E-state index is 12.4. The minimum atomic E-state index is 0.102. The van der Waals surface area contributed by atoms with Gasteiger partial charge in [0.2, 0.25) is 0 Å². The van der Waals surface area contributed by atoms with Crippen LogP contribution < -0.4 is 5.43 Å². The Morgan fingerprint density at radius 2 is 1.94 bits per heavy atom. The van der Waals surface area contributed by atoms with Crippen molar-refractivity contribution in [3.05, 3.63) is 44.8 Å². The normalized spacial score (nSPS) is 15.6. The van der Waals surface area contributed by atoms with E-state index in [4.69, 9.17) is 16.0 Å². The van der Waals surface area contributed by atoms with Crippen LogP contribution in [-0.4, -0.2) is 0 Å². The van der Waals surface area contributed by atoms with Crippen LogP contribution in [-0.2, 0) is 12.8 Å². The van der Waals surface area contributed by atoms with Crippen LogP contribution in [0.25, 0.3) is 11.0 Å². The smallest absolute Gasteiger partial charge is 0.196 e. The van der Waals surface area contributed by atoms with Gasteiger partial charge in [-0.15, -0.1) is 0 Å². The van der Waals surface area contributed by atoms with Gasteiger partial charge in [-0.2, -0.15) is 0 Å². The molecule has 0 aliphatic heterocycles. The molecule has 2 aromatic rings. The summed E-state index contributed by atoms with van der Waals surface area (Å²) in [7, 11) is 0. The Balaban J connectivity index is 2.33. The van der Waals surface area contributed by atoms with E-state index < -0.39 is 0 Å². The number of halogens is 1. The predicted molar refractivity (Wildman–Crippen MR) is 68.8 cm³/mol. The molecule has 3 heteroatoms. The topological polar surface area (TPSA) is 30.2 Å². The summed E-state index contributed by atoms with van der Waals surface area (Å²) < 4.78 is 5.84. The number of aryl methyl sites for hydroxylation is 1. The van der Waals surface area contributed by atoms with E-state index in [1.54, 1.807) is 18.2 Å². The largest absolute Gasteiger partial charge is 0.461 e. The molecular formula is C14H13ClO2. The lowest BCUT2D eigenvalue weighted by Crippen LogP contribution is -2.11. The van der Waals surface area contributed by atoms with Gasteiger partial charge < -0.3 is 4.42 Å². The molecule has 0 fully saturated rings. The molecule has 0 unspecified atom stereocenters. The quantitative estimate of drug-likeness (QED) is 0.665. The molecule has 1 aromatic carbocycles. The second-order valence-corrected chi connectivity index (χ2v) is 4.97. The Labute approximate surface area is 104 Å². The Morgan fingerprint density at radius 1 is 1.12 bits per heavy atom. The number of hydrogen-bond acceptors (Lipinski definition) is 2. The summed E-state index contributed by atoms with van der Waals surface area (Å²) in [5, 5.41) is 1.19. The highest BCUT2D eigenvalue weighted by Crippen LogP contribution is 2.24. The first-order valence-corrected chi connectivity index (χ1v) is 6.37. The molecule has 0 bridgehead atoms. The lowest BCUT2D eigenvalue weighted by molar-refractivity contribution is 0.524. The molecule has 0 saturated carbocycles. The molecule has 1 aromatic heterocycles. The molecule has 0 atom stereocenters. The van der Waals surface area contributed by atoms with Gasteiger partial charge in [0.1, 0.15) is 11.3 Å². The summed E-state index contributed by atoms with van der Waals surface area (Å²) in [5.41, 5.74) is 1.61. The van der Waals surface area contributed by atoms with Crippen molar-refractivity contribution >= 4 is 22.6 Å². The van der Waals surface area contributed by atoms with E-state index >= 15 is 0 Å². The van der Waals surface area contributed by atoms with Gasteiger partial charge in [-0.3, -0.25) is 4.79 Å². The van der Waals surface area contributed by atoms with Gasteiger partial charge in [-0.05, 0) is 37.5 Å². The number of fused-ring (bicyclic) bond motifs is 2. The first-order chi connectivity index (χ1) is 8.25. The van der Waals surface area contributed by atoms with Crippen LogP contribution in [0.15, 0.2) is 27.4 Å². The third kappa shape index (κ3) is 1.87. The Kier molecular flexibility index (Phi) is 2.67. The summed E-state index contributed by atoms with van der Waals surface area (Å²) in [6.45, 7) is 0. The van der Waals surface area contributed by atoms with Gasteiger partial charge in [0.05, 0.1) is 5.39 Å². The van der Waals surface area contributed by atoms with Crippen molar-refractivity contribution in [2.45, 2.75) is 32.1 Å². The SMILES string of the molecule is O=c1c2c(oc3ccc(Cl)cc13)CCCCC2. The monoisotopic (exact) mass is 248 g/mol. The van der Waals surface area contributed by atoms with Crippen LogP contribution in [0.3, 0.4) is 0 Å². The van der Waals surface area contributed by atoms with Crippen LogP contribution in [0.4, 0.5) is 0 Å². The average molecular weight is 249 g/mol. The van der Waals surface area contributed by atoms with Crippen molar-refractivity contribution < 1.29 is 4.42 Å². The maximum absolute atomic E-state index is 12.4. The van der Waals surface area contributed by atoms with Crippen LogP contribution in [0, 0.1) is 0 Å². The summed E-state index contributed by atoms with van der Waals surface area (Å²) in [4.78, 5) is 12.4. The maximum Gasteiger partial charge on any atom is 0.196 e. The van der Waals surface area contributed by atoms with E-state index in [-0.39, 0.29) is 5.43 Å². The fourth-order valence-electron chi connectivity index (χ4n) is 2.47. The zero-order chi connectivity index (χ0) is 11.8. The molecule has 1 aliphatic carbocycles. The van der Waals surface area contributed by atoms with E-state index in [9.17, 15) is 4.79 Å². The number of benzene rings is 1. The fourth-order valence-corrected chi connectivity index (χ4v) is 2.64. The second-order valence-electron chi connectivity index (χ2n) is 4.53. The number of hydrogen-bond donors (Lipinski definition) is 0. The van der Waals surface area contributed by atoms with E-state index in [2.05, 4.69) is 0 Å². The molecule has 1 aliphatic rings. The zero-order valence-corrected chi connectivity index (χ0v) is 10.2. The van der Waals surface area contributed by atoms with E-state index in [0.29, 0.717) is 16.0 Å². The van der Waals surface area contributed by atoms with Gasteiger partial charge in [-0.1, -0.05) is 18.0 Å². The highest BCUT2D eigenvalue weighted by molar-refractivity contribution is 6.31. The van der Waals surface area contributed by atoms with Crippen molar-refractivity contribution in [1.82, 2.24) is 0 Å². The molecule has 88 valence electrons. The molecule has 17 heavy (non-hydrogen) atoms. The highest BCUT2D eigenvalue weighted by Gasteiger charge is 2.16. The molecule has 0 radical (unpaired) electrons. The first-order valence-electron chi connectivity index (χ1n) is 6.00. The van der Waals surface area contributed by atoms with E-state index in [1.807, 2.05) is 0 Å². The lowest BCUT2D eigenvalue weighted by Gasteiger charge is -2.06. The molecular weight excluding hydrogens is 236 g/mol. The zero-order valence-electron chi connectivity index (χ0n) is 9.46. The molecule has 0 saturated heterocycles. The Hall–Kier alpha value is -1.28. The summed E-state index contributed by atoms with van der Waals surface area (Å²) in [5.74, 6) is 0.877. The molecule has 0 amide bonds. The summed E-state index contributed by atoms with van der Waals surface area (Å²) >= 11 is 5.93. The van der Waals surface area contributed by atoms with Crippen LogP contribution in [0.5, 0.6) is 0 Å². The lowest BCUT2D eigenvalue weighted by atomic mass is 10.1. The standard InChI is InChI=1S/C14H13ClO2/c15-9-6-7-13-11(8-9)14(16)10-4-2-1-3-5-12(10)17-13/h6-8H,1-5H2. The molecule has 1 heterocycles. The molecule has 0 N–H and O–H groups in total. The molecule has 2 nitrogen and oxygen atoms in total. The van der Waals surface area contributed by atoms with Gasteiger partial charge in [0.25, 0.3) is 0 Å². The first kappa shape index (κ1) is 10.8. The second kappa shape index (κ2) is 4.19. The molecule has 0 spiro atoms. The van der Waals surface area contributed by atoms with Crippen molar-refractivity contribution in [2.24, 2.45) is 0 Å². The average Bonchev–Trinajstić information content (AvgIpc) is 2.56. The number of rotatable bonds is 0. The van der Waals surface area contributed by atoms with Crippen LogP contribution in [0.1, 0.15) is 30.6 Å². The third-order valence-corrected chi connectivity index (χ3v) is 3.60.